The average Bonchev–Trinajstić information content (AvgIpc) is 3.27. The van der Waals surface area contributed by atoms with Crippen molar-refractivity contribution < 1.29 is 9.18 Å². The number of likely N-dealkylation sites (tertiary alicyclic amines) is 1. The number of piperidine rings is 1. The van der Waals surface area contributed by atoms with Gasteiger partial charge in [0.15, 0.2) is 11.0 Å². The number of carbonyl (C=O) groups is 1. The maximum atomic E-state index is 13.6. The summed E-state index contributed by atoms with van der Waals surface area (Å²) in [6.07, 6.45) is 3.56. The first-order valence-corrected chi connectivity index (χ1v) is 11.9. The highest BCUT2D eigenvalue weighted by Gasteiger charge is 2.25. The Morgan fingerprint density at radius 1 is 1.12 bits per heavy atom. The second-order valence-electron chi connectivity index (χ2n) is 7.95. The third-order valence-corrected chi connectivity index (χ3v) is 6.61. The number of anilines is 1. The van der Waals surface area contributed by atoms with Gasteiger partial charge >= 0.3 is 0 Å². The normalized spacial score (nSPS) is 15.1. The summed E-state index contributed by atoms with van der Waals surface area (Å²) in [6, 6.07) is 15.0. The van der Waals surface area contributed by atoms with E-state index in [2.05, 4.69) is 33.4 Å². The third-order valence-electron chi connectivity index (χ3n) is 5.69. The van der Waals surface area contributed by atoms with E-state index in [1.165, 1.54) is 30.3 Å². The minimum absolute atomic E-state index is 0.0460. The van der Waals surface area contributed by atoms with Gasteiger partial charge in [0.1, 0.15) is 5.82 Å². The lowest BCUT2D eigenvalue weighted by Crippen LogP contribution is -2.33. The van der Waals surface area contributed by atoms with Crippen LogP contribution in [-0.2, 0) is 4.79 Å². The molecule has 2 heterocycles. The molecule has 9 heteroatoms. The number of nitrogens with one attached hydrogen (secondary N) is 1. The number of hydrogen-bond acceptors (Lipinski definition) is 6. The number of thioether (sulfide) groups is 1. The molecule has 0 bridgehead atoms. The zero-order valence-electron chi connectivity index (χ0n) is 18.4. The summed E-state index contributed by atoms with van der Waals surface area (Å²) in [6.45, 7) is 4.13. The highest BCUT2D eigenvalue weighted by Crippen LogP contribution is 2.29. The van der Waals surface area contributed by atoms with Crippen molar-refractivity contribution in [2.24, 2.45) is 0 Å². The Kier molecular flexibility index (Phi) is 7.37. The molecule has 1 aliphatic heterocycles. The van der Waals surface area contributed by atoms with Crippen LogP contribution in [0, 0.1) is 17.1 Å². The van der Waals surface area contributed by atoms with Gasteiger partial charge in [0, 0.05) is 11.4 Å². The van der Waals surface area contributed by atoms with Crippen LogP contribution in [0.1, 0.15) is 43.6 Å². The number of carbonyl (C=O) groups excluding carboxylic acids is 1. The molecule has 0 saturated carbocycles. The molecular weight excluding hydrogens is 439 g/mol. The molecule has 7 nitrogen and oxygen atoms in total. The van der Waals surface area contributed by atoms with Crippen LogP contribution in [0.2, 0.25) is 0 Å². The van der Waals surface area contributed by atoms with E-state index in [0.717, 1.165) is 37.4 Å². The zero-order chi connectivity index (χ0) is 23.2. The Balaban J connectivity index is 1.53. The van der Waals surface area contributed by atoms with Crippen LogP contribution < -0.4 is 5.32 Å². The standard InChI is InChI=1S/C24H25FN6OS/c1-17(30-13-3-2-4-14-30)23-28-29-24(31(23)21-11-7-19(25)8-12-21)33-16-22(32)27-20-9-5-18(15-26)6-10-20/h5-12,17H,2-4,13-14,16H2,1H3,(H,27,32). The number of benzene rings is 2. The van der Waals surface area contributed by atoms with Crippen LogP contribution in [0.3, 0.4) is 0 Å². The molecule has 1 aromatic heterocycles. The van der Waals surface area contributed by atoms with E-state index in [9.17, 15) is 9.18 Å². The molecule has 1 aliphatic rings. The number of halogens is 1. The Hall–Kier alpha value is -3.22. The average molecular weight is 465 g/mol. The van der Waals surface area contributed by atoms with Gasteiger partial charge in [0.05, 0.1) is 23.4 Å². The molecular formula is C24H25FN6OS. The number of amides is 1. The molecule has 2 aromatic carbocycles. The summed E-state index contributed by atoms with van der Waals surface area (Å²) in [5, 5.41) is 21.1. The molecule has 1 fully saturated rings. The predicted octanol–water partition coefficient (Wildman–Crippen LogP) is 4.56. The Morgan fingerprint density at radius 3 is 2.48 bits per heavy atom. The topological polar surface area (TPSA) is 86.8 Å². The minimum Gasteiger partial charge on any atom is -0.325 e. The molecule has 4 rings (SSSR count). The number of hydrogen-bond donors (Lipinski definition) is 1. The first-order valence-electron chi connectivity index (χ1n) is 10.9. The Labute approximate surface area is 196 Å². The van der Waals surface area contributed by atoms with Crippen molar-refractivity contribution in [3.63, 3.8) is 0 Å². The Morgan fingerprint density at radius 2 is 1.82 bits per heavy atom. The van der Waals surface area contributed by atoms with Crippen LogP contribution in [0.15, 0.2) is 53.7 Å². The second kappa shape index (κ2) is 10.6. The fourth-order valence-electron chi connectivity index (χ4n) is 3.90. The predicted molar refractivity (Wildman–Crippen MR) is 126 cm³/mol. The quantitative estimate of drug-likeness (QED) is 0.516. The highest BCUT2D eigenvalue weighted by molar-refractivity contribution is 7.99. The maximum Gasteiger partial charge on any atom is 0.234 e. The van der Waals surface area contributed by atoms with Gasteiger partial charge in [0.2, 0.25) is 5.91 Å². The smallest absolute Gasteiger partial charge is 0.234 e. The minimum atomic E-state index is -0.312. The second-order valence-corrected chi connectivity index (χ2v) is 8.89. The molecule has 0 spiro atoms. The first kappa shape index (κ1) is 23.0. The van der Waals surface area contributed by atoms with E-state index < -0.39 is 0 Å². The van der Waals surface area contributed by atoms with E-state index in [-0.39, 0.29) is 23.5 Å². The van der Waals surface area contributed by atoms with Crippen LogP contribution in [0.4, 0.5) is 10.1 Å². The lowest BCUT2D eigenvalue weighted by Gasteiger charge is -2.31. The third kappa shape index (κ3) is 5.59. The lowest BCUT2D eigenvalue weighted by molar-refractivity contribution is -0.113. The molecule has 0 aliphatic carbocycles. The lowest BCUT2D eigenvalue weighted by atomic mass is 10.1. The van der Waals surface area contributed by atoms with Crippen molar-refractivity contribution >= 4 is 23.4 Å². The van der Waals surface area contributed by atoms with Crippen LogP contribution in [0.25, 0.3) is 5.69 Å². The van der Waals surface area contributed by atoms with Gasteiger partial charge in [-0.1, -0.05) is 18.2 Å². The molecule has 0 radical (unpaired) electrons. The van der Waals surface area contributed by atoms with Crippen molar-refractivity contribution in [3.05, 3.63) is 65.7 Å². The van der Waals surface area contributed by atoms with Crippen molar-refractivity contribution in [2.75, 3.05) is 24.2 Å². The van der Waals surface area contributed by atoms with E-state index in [0.29, 0.717) is 16.4 Å². The van der Waals surface area contributed by atoms with Crippen LogP contribution in [0.5, 0.6) is 0 Å². The van der Waals surface area contributed by atoms with Gasteiger partial charge in [-0.3, -0.25) is 14.3 Å². The van der Waals surface area contributed by atoms with Crippen molar-refractivity contribution in [1.29, 1.82) is 5.26 Å². The number of aromatic nitrogens is 3. The van der Waals surface area contributed by atoms with E-state index >= 15 is 0 Å². The fraction of sp³-hybridized carbons (Fsp3) is 0.333. The maximum absolute atomic E-state index is 13.6. The molecule has 170 valence electrons. The monoisotopic (exact) mass is 464 g/mol. The Bertz CT molecular complexity index is 1130. The first-order chi connectivity index (χ1) is 16.0. The molecule has 1 N–H and O–H groups in total. The van der Waals surface area contributed by atoms with E-state index in [1.54, 1.807) is 36.4 Å². The largest absolute Gasteiger partial charge is 0.325 e. The fourth-order valence-corrected chi connectivity index (χ4v) is 4.66. The summed E-state index contributed by atoms with van der Waals surface area (Å²) in [4.78, 5) is 14.9. The van der Waals surface area contributed by atoms with Gasteiger partial charge in [-0.2, -0.15) is 5.26 Å². The van der Waals surface area contributed by atoms with Crippen molar-refractivity contribution in [3.8, 4) is 11.8 Å². The highest BCUT2D eigenvalue weighted by atomic mass is 32.2. The summed E-state index contributed by atoms with van der Waals surface area (Å²) < 4.78 is 15.5. The number of rotatable bonds is 7. The molecule has 3 aromatic rings. The van der Waals surface area contributed by atoms with Gasteiger partial charge in [-0.05, 0) is 81.4 Å². The summed E-state index contributed by atoms with van der Waals surface area (Å²) in [7, 11) is 0. The van der Waals surface area contributed by atoms with Gasteiger partial charge in [-0.15, -0.1) is 10.2 Å². The van der Waals surface area contributed by atoms with Crippen molar-refractivity contribution in [1.82, 2.24) is 19.7 Å². The van der Waals surface area contributed by atoms with Crippen molar-refractivity contribution in [2.45, 2.75) is 37.4 Å². The number of nitriles is 1. The van der Waals surface area contributed by atoms with E-state index in [4.69, 9.17) is 5.26 Å². The molecule has 1 saturated heterocycles. The SMILES string of the molecule is CC(c1nnc(SCC(=O)Nc2ccc(C#N)cc2)n1-c1ccc(F)cc1)N1CCCCC1. The molecule has 1 atom stereocenters. The summed E-state index contributed by atoms with van der Waals surface area (Å²) in [5.41, 5.74) is 1.92. The number of nitrogens with zero attached hydrogens (tertiary/aromatic N) is 5. The van der Waals surface area contributed by atoms with Gasteiger partial charge < -0.3 is 5.32 Å². The van der Waals surface area contributed by atoms with Crippen LogP contribution in [-0.4, -0.2) is 44.4 Å². The zero-order valence-corrected chi connectivity index (χ0v) is 19.2. The van der Waals surface area contributed by atoms with Crippen LogP contribution >= 0.6 is 11.8 Å². The molecule has 33 heavy (non-hydrogen) atoms. The van der Waals surface area contributed by atoms with Gasteiger partial charge in [0.25, 0.3) is 0 Å². The molecule has 1 unspecified atom stereocenters. The summed E-state index contributed by atoms with van der Waals surface area (Å²) in [5.74, 6) is 0.410. The van der Waals surface area contributed by atoms with E-state index in [1.807, 2.05) is 4.57 Å². The van der Waals surface area contributed by atoms with Gasteiger partial charge in [-0.25, -0.2) is 4.39 Å². The summed E-state index contributed by atoms with van der Waals surface area (Å²) >= 11 is 1.28. The molecule has 1 amide bonds.